The zero-order valence-electron chi connectivity index (χ0n) is 10.7. The van der Waals surface area contributed by atoms with E-state index in [9.17, 15) is 13.2 Å². The molecule has 17 heavy (non-hydrogen) atoms. The molecule has 0 aromatic carbocycles. The highest BCUT2D eigenvalue weighted by atomic mass is 32.2. The maximum Gasteiger partial charge on any atom is 0.327 e. The minimum Gasteiger partial charge on any atom is -0.465 e. The molecular formula is C11H21NO4S. The Morgan fingerprint density at radius 3 is 2.59 bits per heavy atom. The summed E-state index contributed by atoms with van der Waals surface area (Å²) < 4.78 is 28.6. The summed E-state index contributed by atoms with van der Waals surface area (Å²) in [6.07, 6.45) is 2.96. The van der Waals surface area contributed by atoms with Crippen LogP contribution in [-0.2, 0) is 19.4 Å². The predicted molar refractivity (Wildman–Crippen MR) is 65.5 cm³/mol. The molecule has 0 heterocycles. The maximum atomic E-state index is 12.1. The number of likely N-dealkylation sites (N-methyl/N-ethyl adjacent to an activating group) is 1. The van der Waals surface area contributed by atoms with Gasteiger partial charge in [0.15, 0.2) is 9.84 Å². The van der Waals surface area contributed by atoms with Crippen molar-refractivity contribution in [1.82, 2.24) is 5.32 Å². The number of ether oxygens (including phenoxy) is 1. The summed E-state index contributed by atoms with van der Waals surface area (Å²) in [6, 6.07) is 0. The molecule has 0 saturated heterocycles. The third-order valence-corrected chi connectivity index (χ3v) is 4.91. The van der Waals surface area contributed by atoms with Crippen LogP contribution in [0.4, 0.5) is 0 Å². The second-order valence-electron chi connectivity index (χ2n) is 4.43. The molecule has 6 heteroatoms. The fourth-order valence-electron chi connectivity index (χ4n) is 2.64. The third kappa shape index (κ3) is 2.80. The fraction of sp³-hybridized carbons (Fsp3) is 0.909. The highest BCUT2D eigenvalue weighted by Gasteiger charge is 2.54. The molecule has 1 saturated carbocycles. The molecule has 100 valence electrons. The standard InChI is InChI=1S/C11H21NO4S/c1-4-12-11(10(13)16-5-2)8-6-7-9(11)17(3,14)15/h9,12H,4-8H2,1-3H3. The van der Waals surface area contributed by atoms with E-state index in [-0.39, 0.29) is 6.61 Å². The highest BCUT2D eigenvalue weighted by Crippen LogP contribution is 2.35. The zero-order valence-corrected chi connectivity index (χ0v) is 11.5. The zero-order chi connectivity index (χ0) is 13.1. The number of carbonyl (C=O) groups excluding carboxylic acids is 1. The van der Waals surface area contributed by atoms with Crippen LogP contribution < -0.4 is 5.32 Å². The average molecular weight is 263 g/mol. The molecule has 1 N–H and O–H groups in total. The normalized spacial score (nSPS) is 29.2. The Labute approximate surface area is 103 Å². The number of esters is 1. The molecule has 2 atom stereocenters. The van der Waals surface area contributed by atoms with E-state index in [2.05, 4.69) is 5.32 Å². The Morgan fingerprint density at radius 1 is 1.47 bits per heavy atom. The van der Waals surface area contributed by atoms with Crippen molar-refractivity contribution >= 4 is 15.8 Å². The molecule has 1 aliphatic rings. The van der Waals surface area contributed by atoms with Crippen LogP contribution in [0.1, 0.15) is 33.1 Å². The maximum absolute atomic E-state index is 12.1. The number of sulfone groups is 1. The van der Waals surface area contributed by atoms with Crippen LogP contribution in [0.3, 0.4) is 0 Å². The first kappa shape index (κ1) is 14.4. The fourth-order valence-corrected chi connectivity index (χ4v) is 4.26. The van der Waals surface area contributed by atoms with E-state index in [1.54, 1.807) is 6.92 Å². The summed E-state index contributed by atoms with van der Waals surface area (Å²) in [5.74, 6) is -0.435. The van der Waals surface area contributed by atoms with E-state index in [0.29, 0.717) is 19.4 Å². The summed E-state index contributed by atoms with van der Waals surface area (Å²) in [7, 11) is -3.26. The number of carbonyl (C=O) groups is 1. The lowest BCUT2D eigenvalue weighted by molar-refractivity contribution is -0.150. The molecule has 0 amide bonds. The molecule has 1 aliphatic carbocycles. The summed E-state index contributed by atoms with van der Waals surface area (Å²) in [5, 5.41) is 2.37. The van der Waals surface area contributed by atoms with E-state index < -0.39 is 26.6 Å². The van der Waals surface area contributed by atoms with Crippen LogP contribution >= 0.6 is 0 Å². The van der Waals surface area contributed by atoms with Crippen molar-refractivity contribution in [2.24, 2.45) is 0 Å². The van der Waals surface area contributed by atoms with Crippen molar-refractivity contribution in [2.75, 3.05) is 19.4 Å². The minimum atomic E-state index is -3.26. The van der Waals surface area contributed by atoms with Gasteiger partial charge in [0, 0.05) is 6.26 Å². The smallest absolute Gasteiger partial charge is 0.327 e. The first-order valence-electron chi connectivity index (χ1n) is 5.99. The second-order valence-corrected chi connectivity index (χ2v) is 6.66. The van der Waals surface area contributed by atoms with Crippen molar-refractivity contribution in [3.63, 3.8) is 0 Å². The second kappa shape index (κ2) is 5.35. The lowest BCUT2D eigenvalue weighted by atomic mass is 9.97. The van der Waals surface area contributed by atoms with E-state index in [4.69, 9.17) is 4.74 Å². The van der Waals surface area contributed by atoms with Crippen molar-refractivity contribution in [3.05, 3.63) is 0 Å². The summed E-state index contributed by atoms with van der Waals surface area (Å²) in [6.45, 7) is 4.40. The average Bonchev–Trinajstić information content (AvgIpc) is 2.63. The van der Waals surface area contributed by atoms with E-state index in [1.165, 1.54) is 6.26 Å². The van der Waals surface area contributed by atoms with Gasteiger partial charge in [-0.05, 0) is 32.7 Å². The number of hydrogen-bond acceptors (Lipinski definition) is 5. The molecule has 0 aromatic rings. The van der Waals surface area contributed by atoms with E-state index in [0.717, 1.165) is 6.42 Å². The lowest BCUT2D eigenvalue weighted by Crippen LogP contribution is -2.60. The largest absolute Gasteiger partial charge is 0.465 e. The van der Waals surface area contributed by atoms with Gasteiger partial charge in [0.05, 0.1) is 11.9 Å². The molecule has 5 nitrogen and oxygen atoms in total. The van der Waals surface area contributed by atoms with E-state index >= 15 is 0 Å². The molecule has 2 unspecified atom stereocenters. The Kier molecular flexibility index (Phi) is 4.55. The molecule has 0 aliphatic heterocycles. The van der Waals surface area contributed by atoms with Crippen LogP contribution in [0.5, 0.6) is 0 Å². The van der Waals surface area contributed by atoms with Gasteiger partial charge in [0.2, 0.25) is 0 Å². The Balaban J connectivity index is 3.09. The topological polar surface area (TPSA) is 72.5 Å². The Bertz CT molecular complexity index is 379. The first-order valence-corrected chi connectivity index (χ1v) is 7.95. The molecule has 0 spiro atoms. The van der Waals surface area contributed by atoms with Gasteiger partial charge in [0.1, 0.15) is 5.54 Å². The van der Waals surface area contributed by atoms with Crippen LogP contribution in [0.15, 0.2) is 0 Å². The van der Waals surface area contributed by atoms with Crippen molar-refractivity contribution in [2.45, 2.75) is 43.9 Å². The monoisotopic (exact) mass is 263 g/mol. The van der Waals surface area contributed by atoms with E-state index in [1.807, 2.05) is 6.92 Å². The number of hydrogen-bond donors (Lipinski definition) is 1. The first-order chi connectivity index (χ1) is 7.88. The SMILES string of the molecule is CCNC1(C(=O)OCC)CCCC1S(C)(=O)=O. The van der Waals surface area contributed by atoms with Gasteiger partial charge >= 0.3 is 5.97 Å². The predicted octanol–water partition coefficient (Wildman–Crippen LogP) is 0.495. The molecule has 1 fully saturated rings. The van der Waals surface area contributed by atoms with Crippen molar-refractivity contribution in [1.29, 1.82) is 0 Å². The van der Waals surface area contributed by atoms with Gasteiger partial charge in [-0.2, -0.15) is 0 Å². The Morgan fingerprint density at radius 2 is 2.12 bits per heavy atom. The van der Waals surface area contributed by atoms with Crippen LogP contribution in [0.2, 0.25) is 0 Å². The van der Waals surface area contributed by atoms with Gasteiger partial charge in [-0.15, -0.1) is 0 Å². The van der Waals surface area contributed by atoms with Crippen molar-refractivity contribution < 1.29 is 17.9 Å². The van der Waals surface area contributed by atoms with Crippen LogP contribution in [0.25, 0.3) is 0 Å². The summed E-state index contributed by atoms with van der Waals surface area (Å²) >= 11 is 0. The quantitative estimate of drug-likeness (QED) is 0.731. The third-order valence-electron chi connectivity index (χ3n) is 3.24. The number of rotatable bonds is 5. The van der Waals surface area contributed by atoms with Gasteiger partial charge in [-0.25, -0.2) is 8.42 Å². The molecular weight excluding hydrogens is 242 g/mol. The highest BCUT2D eigenvalue weighted by molar-refractivity contribution is 7.91. The van der Waals surface area contributed by atoms with Gasteiger partial charge < -0.3 is 10.1 Å². The van der Waals surface area contributed by atoms with Gasteiger partial charge in [0.25, 0.3) is 0 Å². The van der Waals surface area contributed by atoms with Gasteiger partial charge in [-0.1, -0.05) is 6.92 Å². The summed E-state index contributed by atoms with van der Waals surface area (Å²) in [5.41, 5.74) is -1.04. The Hall–Kier alpha value is -0.620. The van der Waals surface area contributed by atoms with Crippen LogP contribution in [0, 0.1) is 0 Å². The summed E-state index contributed by atoms with van der Waals surface area (Å²) in [4.78, 5) is 12.1. The molecule has 0 radical (unpaired) electrons. The van der Waals surface area contributed by atoms with Crippen molar-refractivity contribution in [3.8, 4) is 0 Å². The molecule has 1 rings (SSSR count). The number of nitrogens with one attached hydrogen (secondary N) is 1. The lowest BCUT2D eigenvalue weighted by Gasteiger charge is -2.32. The minimum absolute atomic E-state index is 0.266. The molecule has 0 aromatic heterocycles. The van der Waals surface area contributed by atoms with Crippen LogP contribution in [-0.4, -0.2) is 44.6 Å². The molecule has 0 bridgehead atoms. The van der Waals surface area contributed by atoms with Gasteiger partial charge in [-0.3, -0.25) is 4.79 Å².